The number of rotatable bonds is 4. The summed E-state index contributed by atoms with van der Waals surface area (Å²) in [6.07, 6.45) is 3.97. The van der Waals surface area contributed by atoms with Crippen molar-refractivity contribution in [3.63, 3.8) is 0 Å². The number of hydrogen-bond acceptors (Lipinski definition) is 2. The Morgan fingerprint density at radius 2 is 2.07 bits per heavy atom. The van der Waals surface area contributed by atoms with Crippen LogP contribution in [0.3, 0.4) is 0 Å². The quantitative estimate of drug-likeness (QED) is 0.739. The van der Waals surface area contributed by atoms with Gasteiger partial charge in [-0.3, -0.25) is 4.99 Å². The van der Waals surface area contributed by atoms with Crippen LogP contribution in [0.25, 0.3) is 0 Å². The number of nitrogens with zero attached hydrogens (tertiary/aromatic N) is 2. The van der Waals surface area contributed by atoms with Gasteiger partial charge in [0.25, 0.3) is 0 Å². The molecule has 0 aliphatic heterocycles. The van der Waals surface area contributed by atoms with Crippen molar-refractivity contribution in [3.05, 3.63) is 23.3 Å². The fourth-order valence-electron chi connectivity index (χ4n) is 1.50. The summed E-state index contributed by atoms with van der Waals surface area (Å²) in [6.45, 7) is 7.65. The van der Waals surface area contributed by atoms with Gasteiger partial charge in [-0.1, -0.05) is 19.6 Å². The molecule has 3 nitrogen and oxygen atoms in total. The average Bonchev–Trinajstić information content (AvgIpc) is 2.24. The van der Waals surface area contributed by atoms with Gasteiger partial charge >= 0.3 is 0 Å². The Balaban J connectivity index is 3.09. The summed E-state index contributed by atoms with van der Waals surface area (Å²) in [4.78, 5) is 4.26. The van der Waals surface area contributed by atoms with E-state index in [4.69, 9.17) is 0 Å². The third-order valence-electron chi connectivity index (χ3n) is 2.37. The zero-order valence-electron chi connectivity index (χ0n) is 9.79. The van der Waals surface area contributed by atoms with Gasteiger partial charge in [0.1, 0.15) is 0 Å². The molecule has 0 aliphatic carbocycles. The maximum Gasteiger partial charge on any atom is 0.0527 e. The molecule has 1 aromatic heterocycles. The molecule has 1 heterocycles. The fourth-order valence-corrected chi connectivity index (χ4v) is 1.50. The van der Waals surface area contributed by atoms with Crippen molar-refractivity contribution in [2.75, 3.05) is 6.54 Å². The minimum absolute atomic E-state index is 0.0689. The molecule has 0 aliphatic rings. The van der Waals surface area contributed by atoms with Crippen LogP contribution in [0.2, 0.25) is 0 Å². The highest BCUT2D eigenvalue weighted by atomic mass is 16.3. The Kier molecular flexibility index (Phi) is 4.40. The van der Waals surface area contributed by atoms with E-state index in [0.717, 1.165) is 31.6 Å². The van der Waals surface area contributed by atoms with E-state index >= 15 is 0 Å². The highest BCUT2D eigenvalue weighted by Gasteiger charge is 1.95. The fraction of sp³-hybridized carbons (Fsp3) is 0.583. The van der Waals surface area contributed by atoms with E-state index in [2.05, 4.69) is 18.8 Å². The van der Waals surface area contributed by atoms with Gasteiger partial charge in [0.05, 0.1) is 5.36 Å². The Labute approximate surface area is 91.1 Å². The van der Waals surface area contributed by atoms with E-state index in [1.807, 2.05) is 23.8 Å². The highest BCUT2D eigenvalue weighted by molar-refractivity contribution is 5.23. The molecule has 0 N–H and O–H groups in total. The molecule has 3 heteroatoms. The first-order chi connectivity index (χ1) is 7.20. The normalized spacial score (nSPS) is 12.1. The van der Waals surface area contributed by atoms with Gasteiger partial charge < -0.3 is 9.67 Å². The van der Waals surface area contributed by atoms with Gasteiger partial charge in [0, 0.05) is 25.0 Å². The lowest BCUT2D eigenvalue weighted by atomic mass is 10.3. The summed E-state index contributed by atoms with van der Waals surface area (Å²) in [7, 11) is 0. The molecule has 1 aromatic rings. The van der Waals surface area contributed by atoms with E-state index in [1.54, 1.807) is 0 Å². The lowest BCUT2D eigenvalue weighted by Crippen LogP contribution is -2.18. The molecule has 0 amide bonds. The van der Waals surface area contributed by atoms with Crippen LogP contribution in [-0.2, 0) is 6.54 Å². The van der Waals surface area contributed by atoms with Crippen molar-refractivity contribution in [1.82, 2.24) is 4.57 Å². The largest absolute Gasteiger partial charge is 0.870 e. The molecule has 0 fully saturated rings. The second-order valence-corrected chi connectivity index (χ2v) is 3.69. The minimum atomic E-state index is 0.0689. The van der Waals surface area contributed by atoms with E-state index in [1.165, 1.54) is 0 Å². The molecule has 0 saturated carbocycles. The number of aryl methyl sites for hydroxylation is 1. The van der Waals surface area contributed by atoms with Crippen molar-refractivity contribution in [2.24, 2.45) is 4.99 Å². The Bertz CT molecular complexity index is 380. The summed E-state index contributed by atoms with van der Waals surface area (Å²) in [5.74, 6) is 0.0689. The summed E-state index contributed by atoms with van der Waals surface area (Å²) in [5.41, 5.74) is 0.786. The topological polar surface area (TPSA) is 40.3 Å². The van der Waals surface area contributed by atoms with E-state index < -0.39 is 0 Å². The van der Waals surface area contributed by atoms with Crippen LogP contribution in [0, 0.1) is 6.92 Å². The Morgan fingerprint density at radius 1 is 1.33 bits per heavy atom. The van der Waals surface area contributed by atoms with Crippen molar-refractivity contribution in [2.45, 2.75) is 40.2 Å². The molecule has 0 radical (unpaired) electrons. The van der Waals surface area contributed by atoms with Gasteiger partial charge in [-0.05, 0) is 25.8 Å². The van der Waals surface area contributed by atoms with Crippen molar-refractivity contribution < 1.29 is 5.11 Å². The summed E-state index contributed by atoms with van der Waals surface area (Å²) < 4.78 is 1.99. The number of aromatic nitrogens is 1. The standard InChI is InChI=1S/C12H20N2O/c1-4-7-13-11-6-9-14(8-5-2)10(3)12(11)15/h6,9,15H,4-5,7-8H2,1-3H3/p-1. The molecule has 84 valence electrons. The average molecular weight is 207 g/mol. The molecule has 0 unspecified atom stereocenters. The third-order valence-corrected chi connectivity index (χ3v) is 2.37. The zero-order valence-corrected chi connectivity index (χ0v) is 9.79. The van der Waals surface area contributed by atoms with E-state index in [0.29, 0.717) is 5.36 Å². The zero-order chi connectivity index (χ0) is 11.3. The third kappa shape index (κ3) is 2.85. The molecule has 15 heavy (non-hydrogen) atoms. The van der Waals surface area contributed by atoms with Gasteiger partial charge in [0.15, 0.2) is 0 Å². The predicted molar refractivity (Wildman–Crippen MR) is 59.6 cm³/mol. The Morgan fingerprint density at radius 3 is 2.67 bits per heavy atom. The second kappa shape index (κ2) is 5.59. The lowest BCUT2D eigenvalue weighted by Gasteiger charge is -2.17. The first-order valence-electron chi connectivity index (χ1n) is 5.58. The van der Waals surface area contributed by atoms with Crippen LogP contribution in [0.5, 0.6) is 5.75 Å². The first-order valence-corrected chi connectivity index (χ1v) is 5.58. The van der Waals surface area contributed by atoms with Crippen LogP contribution in [-0.4, -0.2) is 11.1 Å². The molecule has 0 saturated heterocycles. The van der Waals surface area contributed by atoms with E-state index in [9.17, 15) is 5.11 Å². The second-order valence-electron chi connectivity index (χ2n) is 3.69. The van der Waals surface area contributed by atoms with Crippen LogP contribution >= 0.6 is 0 Å². The predicted octanol–water partition coefficient (Wildman–Crippen LogP) is 1.59. The summed E-state index contributed by atoms with van der Waals surface area (Å²) in [5, 5.41) is 12.5. The van der Waals surface area contributed by atoms with Crippen LogP contribution < -0.4 is 10.5 Å². The SMILES string of the molecule is CCCN=c1ccn(CCC)c(C)c1[O-]. The lowest BCUT2D eigenvalue weighted by molar-refractivity contribution is -0.271. The summed E-state index contributed by atoms with van der Waals surface area (Å²) in [6, 6.07) is 1.82. The number of hydrogen-bond donors (Lipinski definition) is 0. The van der Waals surface area contributed by atoms with Crippen molar-refractivity contribution in [1.29, 1.82) is 0 Å². The van der Waals surface area contributed by atoms with Gasteiger partial charge in [-0.2, -0.15) is 0 Å². The van der Waals surface area contributed by atoms with Gasteiger partial charge in [-0.25, -0.2) is 0 Å². The maximum atomic E-state index is 11.9. The van der Waals surface area contributed by atoms with Gasteiger partial charge in [0.2, 0.25) is 0 Å². The molecular formula is C12H19N2O-. The van der Waals surface area contributed by atoms with Crippen molar-refractivity contribution >= 4 is 0 Å². The van der Waals surface area contributed by atoms with E-state index in [-0.39, 0.29) is 5.75 Å². The maximum absolute atomic E-state index is 11.9. The molecular weight excluding hydrogens is 188 g/mol. The van der Waals surface area contributed by atoms with Crippen molar-refractivity contribution in [3.8, 4) is 5.75 Å². The van der Waals surface area contributed by atoms with Crippen LogP contribution in [0.4, 0.5) is 0 Å². The molecule has 1 rings (SSSR count). The highest BCUT2D eigenvalue weighted by Crippen LogP contribution is 2.06. The molecule has 0 bridgehead atoms. The molecule has 0 atom stereocenters. The van der Waals surface area contributed by atoms with Gasteiger partial charge in [-0.15, -0.1) is 0 Å². The summed E-state index contributed by atoms with van der Waals surface area (Å²) >= 11 is 0. The molecule has 0 spiro atoms. The first kappa shape index (κ1) is 11.8. The smallest absolute Gasteiger partial charge is 0.0527 e. The number of pyridine rings is 1. The van der Waals surface area contributed by atoms with Crippen LogP contribution in [0.15, 0.2) is 17.3 Å². The molecule has 0 aromatic carbocycles. The Hall–Kier alpha value is -1.25. The minimum Gasteiger partial charge on any atom is -0.870 e. The monoisotopic (exact) mass is 207 g/mol. The van der Waals surface area contributed by atoms with Crippen LogP contribution in [0.1, 0.15) is 32.4 Å².